The van der Waals surface area contributed by atoms with E-state index in [1.807, 2.05) is 6.07 Å². The average molecular weight is 443 g/mol. The van der Waals surface area contributed by atoms with E-state index in [-0.39, 0.29) is 21.4 Å². The number of carbonyl (C=O) groups is 2. The maximum Gasteiger partial charge on any atom is 0.327 e. The van der Waals surface area contributed by atoms with Gasteiger partial charge in [0.15, 0.2) is 5.82 Å². The highest BCUT2D eigenvalue weighted by Gasteiger charge is 2.18. The van der Waals surface area contributed by atoms with Crippen LogP contribution in [0.15, 0.2) is 42.6 Å². The first-order chi connectivity index (χ1) is 14.5. The number of fused-ring (bicyclic) bond motifs is 1. The molecule has 0 unspecified atom stereocenters. The number of rotatable bonds is 3. The number of hydrogen-bond donors (Lipinski definition) is 2. The Morgan fingerprint density at radius 2 is 1.70 bits per heavy atom. The van der Waals surface area contributed by atoms with Gasteiger partial charge in [-0.3, -0.25) is 20.4 Å². The first-order valence-electron chi connectivity index (χ1n) is 9.84. The van der Waals surface area contributed by atoms with E-state index in [9.17, 15) is 9.59 Å². The van der Waals surface area contributed by atoms with Crippen molar-refractivity contribution in [1.29, 1.82) is 0 Å². The van der Waals surface area contributed by atoms with Crippen molar-refractivity contribution in [3.8, 4) is 0 Å². The molecule has 1 aliphatic carbocycles. The third-order valence-electron chi connectivity index (χ3n) is 5.30. The Labute approximate surface area is 184 Å². The molecule has 1 aliphatic rings. The van der Waals surface area contributed by atoms with Gasteiger partial charge in [0.2, 0.25) is 0 Å². The lowest BCUT2D eigenvalue weighted by molar-refractivity contribution is 0.0967. The second-order valence-electron chi connectivity index (χ2n) is 7.34. The lowest BCUT2D eigenvalue weighted by atomic mass is 9.84. The Morgan fingerprint density at radius 1 is 0.967 bits per heavy atom. The van der Waals surface area contributed by atoms with E-state index >= 15 is 0 Å². The fourth-order valence-corrected chi connectivity index (χ4v) is 4.37. The van der Waals surface area contributed by atoms with Crippen molar-refractivity contribution >= 4 is 52.0 Å². The largest absolute Gasteiger partial charge is 0.327 e. The molecule has 4 rings (SSSR count). The van der Waals surface area contributed by atoms with Gasteiger partial charge in [0, 0.05) is 0 Å². The topological polar surface area (TPSA) is 84.0 Å². The number of benzene rings is 2. The summed E-state index contributed by atoms with van der Waals surface area (Å²) in [5, 5.41) is 5.04. The highest BCUT2D eigenvalue weighted by molar-refractivity contribution is 6.40. The number of nitrogens with zero attached hydrogens (tertiary/aromatic N) is 2. The Kier molecular flexibility index (Phi) is 6.16. The molecular weight excluding hydrogens is 423 g/mol. The minimum absolute atomic E-state index is 0.0378. The molecule has 0 aliphatic heterocycles. The summed E-state index contributed by atoms with van der Waals surface area (Å²) in [6.45, 7) is 0. The molecule has 2 aromatic carbocycles. The molecule has 6 nitrogen and oxygen atoms in total. The molecule has 0 saturated heterocycles. The third-order valence-corrected chi connectivity index (χ3v) is 5.93. The van der Waals surface area contributed by atoms with E-state index in [4.69, 9.17) is 23.2 Å². The van der Waals surface area contributed by atoms with Crippen LogP contribution in [-0.2, 0) is 0 Å². The van der Waals surface area contributed by atoms with Crippen LogP contribution in [0.1, 0.15) is 53.9 Å². The van der Waals surface area contributed by atoms with Crippen molar-refractivity contribution in [1.82, 2.24) is 15.3 Å². The normalized spacial score (nSPS) is 14.5. The van der Waals surface area contributed by atoms with E-state index in [0.717, 1.165) is 5.52 Å². The molecular formula is C22H20Cl2N4O2. The maximum absolute atomic E-state index is 12.3. The number of anilines is 1. The van der Waals surface area contributed by atoms with Crippen LogP contribution in [0, 0.1) is 0 Å². The number of nitrogens with one attached hydrogen (secondary N) is 2. The van der Waals surface area contributed by atoms with Crippen LogP contribution in [0.2, 0.25) is 10.0 Å². The number of aromatic nitrogens is 2. The van der Waals surface area contributed by atoms with Gasteiger partial charge in [0.25, 0.3) is 5.91 Å². The minimum atomic E-state index is -0.747. The zero-order chi connectivity index (χ0) is 21.1. The van der Waals surface area contributed by atoms with Gasteiger partial charge in [0.05, 0.1) is 32.8 Å². The lowest BCUT2D eigenvalue weighted by Gasteiger charge is -2.22. The molecule has 2 N–H and O–H groups in total. The van der Waals surface area contributed by atoms with Crippen LogP contribution in [0.5, 0.6) is 0 Å². The predicted molar refractivity (Wildman–Crippen MR) is 118 cm³/mol. The average Bonchev–Trinajstić information content (AvgIpc) is 2.73. The summed E-state index contributed by atoms with van der Waals surface area (Å²) < 4.78 is 0. The number of urea groups is 1. The molecule has 0 spiro atoms. The quantitative estimate of drug-likeness (QED) is 0.524. The van der Waals surface area contributed by atoms with E-state index < -0.39 is 11.9 Å². The molecule has 3 amide bonds. The fourth-order valence-electron chi connectivity index (χ4n) is 3.81. The summed E-state index contributed by atoms with van der Waals surface area (Å²) in [7, 11) is 0. The first-order valence-corrected chi connectivity index (χ1v) is 10.6. The van der Waals surface area contributed by atoms with Crippen molar-refractivity contribution < 1.29 is 9.59 Å². The Balaban J connectivity index is 1.45. The third kappa shape index (κ3) is 4.55. The number of halogens is 2. The summed E-state index contributed by atoms with van der Waals surface area (Å²) in [4.78, 5) is 33.4. The molecule has 0 atom stereocenters. The zero-order valence-electron chi connectivity index (χ0n) is 16.1. The standard InChI is InChI=1S/C22H20Cl2N4O2/c23-15-7-4-8-16(24)20(15)21(29)28-22(30)27-19-12-25-18-11-14(9-10-17(18)26-19)13-5-2-1-3-6-13/h4,7-13H,1-3,5-6H2,(H2,26,27,28,29,30). The van der Waals surface area contributed by atoms with Gasteiger partial charge < -0.3 is 0 Å². The Hall–Kier alpha value is -2.70. The van der Waals surface area contributed by atoms with Crippen LogP contribution < -0.4 is 10.6 Å². The van der Waals surface area contributed by atoms with Crippen LogP contribution >= 0.6 is 23.2 Å². The zero-order valence-corrected chi connectivity index (χ0v) is 17.6. The van der Waals surface area contributed by atoms with Gasteiger partial charge in [-0.25, -0.2) is 9.78 Å². The minimum Gasteiger partial charge on any atom is -0.291 e. The Morgan fingerprint density at radius 3 is 2.43 bits per heavy atom. The van der Waals surface area contributed by atoms with Crippen molar-refractivity contribution in [2.75, 3.05) is 5.32 Å². The van der Waals surface area contributed by atoms with Crippen molar-refractivity contribution in [3.63, 3.8) is 0 Å². The van der Waals surface area contributed by atoms with E-state index in [2.05, 4.69) is 32.7 Å². The molecule has 8 heteroatoms. The Bertz CT molecular complexity index is 1090. The van der Waals surface area contributed by atoms with Crippen molar-refractivity contribution in [3.05, 3.63) is 63.8 Å². The SMILES string of the molecule is O=C(NC(=O)c1c(Cl)cccc1Cl)Nc1cnc2cc(C3CCCCC3)ccc2n1. The summed E-state index contributed by atoms with van der Waals surface area (Å²) in [5.74, 6) is 0.119. The summed E-state index contributed by atoms with van der Waals surface area (Å²) in [6.07, 6.45) is 7.74. The van der Waals surface area contributed by atoms with Crippen LogP contribution in [0.25, 0.3) is 11.0 Å². The molecule has 1 fully saturated rings. The highest BCUT2D eigenvalue weighted by atomic mass is 35.5. The van der Waals surface area contributed by atoms with Crippen LogP contribution in [0.4, 0.5) is 10.6 Å². The molecule has 1 aromatic heterocycles. The van der Waals surface area contributed by atoms with Gasteiger partial charge in [-0.05, 0) is 48.6 Å². The van der Waals surface area contributed by atoms with Gasteiger partial charge in [-0.15, -0.1) is 0 Å². The predicted octanol–water partition coefficient (Wildman–Crippen LogP) is 5.95. The smallest absolute Gasteiger partial charge is 0.291 e. The molecule has 3 aromatic rings. The lowest BCUT2D eigenvalue weighted by Crippen LogP contribution is -2.35. The highest BCUT2D eigenvalue weighted by Crippen LogP contribution is 2.33. The molecule has 1 heterocycles. The molecule has 0 radical (unpaired) electrons. The monoisotopic (exact) mass is 442 g/mol. The molecule has 1 saturated carbocycles. The maximum atomic E-state index is 12.3. The van der Waals surface area contributed by atoms with Gasteiger partial charge in [-0.1, -0.05) is 54.6 Å². The second-order valence-corrected chi connectivity index (χ2v) is 8.16. The molecule has 0 bridgehead atoms. The number of amides is 3. The van der Waals surface area contributed by atoms with Crippen LogP contribution in [-0.4, -0.2) is 21.9 Å². The van der Waals surface area contributed by atoms with E-state index in [1.54, 1.807) is 6.07 Å². The molecule has 30 heavy (non-hydrogen) atoms. The van der Waals surface area contributed by atoms with Gasteiger partial charge in [-0.2, -0.15) is 0 Å². The van der Waals surface area contributed by atoms with Crippen LogP contribution in [0.3, 0.4) is 0 Å². The van der Waals surface area contributed by atoms with E-state index in [1.165, 1.54) is 56.0 Å². The second kappa shape index (κ2) is 8.98. The fraction of sp³-hybridized carbons (Fsp3) is 0.273. The summed E-state index contributed by atoms with van der Waals surface area (Å²) >= 11 is 12.0. The molecule has 154 valence electrons. The van der Waals surface area contributed by atoms with Gasteiger partial charge >= 0.3 is 6.03 Å². The van der Waals surface area contributed by atoms with Crippen molar-refractivity contribution in [2.45, 2.75) is 38.0 Å². The van der Waals surface area contributed by atoms with Gasteiger partial charge in [0.1, 0.15) is 0 Å². The number of carbonyl (C=O) groups excluding carboxylic acids is 2. The van der Waals surface area contributed by atoms with Crippen molar-refractivity contribution in [2.24, 2.45) is 0 Å². The van der Waals surface area contributed by atoms with E-state index in [0.29, 0.717) is 11.4 Å². The number of imide groups is 1. The summed E-state index contributed by atoms with van der Waals surface area (Å²) in [5.41, 5.74) is 2.78. The first kappa shape index (κ1) is 20.6. The number of hydrogen-bond acceptors (Lipinski definition) is 4. The summed E-state index contributed by atoms with van der Waals surface area (Å²) in [6, 6.07) is 10.00.